The average molecular weight is 263 g/mol. The van der Waals surface area contributed by atoms with Gasteiger partial charge in [0.1, 0.15) is 11.6 Å². The van der Waals surface area contributed by atoms with Gasteiger partial charge in [0, 0.05) is 6.20 Å². The van der Waals surface area contributed by atoms with E-state index in [0.29, 0.717) is 5.82 Å². The first-order valence-corrected chi connectivity index (χ1v) is 5.49. The molecule has 1 aromatic carbocycles. The molecule has 0 aliphatic heterocycles. The molecule has 2 rings (SSSR count). The van der Waals surface area contributed by atoms with Crippen LogP contribution in [-0.2, 0) is 0 Å². The molecule has 0 atom stereocenters. The van der Waals surface area contributed by atoms with Gasteiger partial charge in [-0.15, -0.1) is 0 Å². The minimum atomic E-state index is -2.81. The Morgan fingerprint density at radius 2 is 1.95 bits per heavy atom. The van der Waals surface area contributed by atoms with Gasteiger partial charge in [-0.2, -0.15) is 13.9 Å². The molecule has 0 fully saturated rings. The van der Waals surface area contributed by atoms with Crippen LogP contribution in [0.4, 0.5) is 14.6 Å². The number of nitrogens with one attached hydrogen (secondary N) is 1. The molecular formula is C13H11F2N3O. The van der Waals surface area contributed by atoms with E-state index in [1.54, 1.807) is 36.7 Å². The van der Waals surface area contributed by atoms with Crippen LogP contribution in [0.3, 0.4) is 0 Å². The quantitative estimate of drug-likeness (QED) is 0.666. The predicted octanol–water partition coefficient (Wildman–Crippen LogP) is 3.13. The first-order chi connectivity index (χ1) is 9.24. The van der Waals surface area contributed by atoms with Crippen LogP contribution in [0.1, 0.15) is 5.56 Å². The number of halogens is 2. The van der Waals surface area contributed by atoms with E-state index in [0.717, 1.165) is 5.56 Å². The number of anilines is 1. The van der Waals surface area contributed by atoms with E-state index >= 15 is 0 Å². The minimum absolute atomic E-state index is 0.116. The number of hydrogen-bond acceptors (Lipinski definition) is 4. The summed E-state index contributed by atoms with van der Waals surface area (Å²) in [6.07, 6.45) is 3.20. The van der Waals surface area contributed by atoms with E-state index in [1.165, 1.54) is 12.1 Å². The van der Waals surface area contributed by atoms with Crippen LogP contribution < -0.4 is 10.2 Å². The number of hydrogen-bond donors (Lipinski definition) is 1. The van der Waals surface area contributed by atoms with Crippen LogP contribution in [0.2, 0.25) is 0 Å². The highest BCUT2D eigenvalue weighted by Gasteiger charge is 2.02. The summed E-state index contributed by atoms with van der Waals surface area (Å²) >= 11 is 0. The zero-order chi connectivity index (χ0) is 13.5. The van der Waals surface area contributed by atoms with Gasteiger partial charge >= 0.3 is 6.61 Å². The van der Waals surface area contributed by atoms with Crippen LogP contribution in [0.5, 0.6) is 5.75 Å². The Bertz CT molecular complexity index is 529. The van der Waals surface area contributed by atoms with Crippen molar-refractivity contribution in [1.82, 2.24) is 4.98 Å². The molecule has 0 spiro atoms. The molecule has 0 unspecified atom stereocenters. The van der Waals surface area contributed by atoms with Crippen molar-refractivity contribution >= 4 is 12.0 Å². The van der Waals surface area contributed by atoms with Gasteiger partial charge < -0.3 is 4.74 Å². The molecule has 0 saturated heterocycles. The summed E-state index contributed by atoms with van der Waals surface area (Å²) in [6.45, 7) is -2.81. The van der Waals surface area contributed by atoms with E-state index in [1.807, 2.05) is 6.07 Å². The number of alkyl halides is 2. The molecule has 6 heteroatoms. The summed E-state index contributed by atoms with van der Waals surface area (Å²) in [5.41, 5.74) is 3.50. The fraction of sp³-hybridized carbons (Fsp3) is 0.0769. The third kappa shape index (κ3) is 4.34. The van der Waals surface area contributed by atoms with E-state index in [-0.39, 0.29) is 5.75 Å². The minimum Gasteiger partial charge on any atom is -0.435 e. The molecule has 0 aliphatic rings. The Balaban J connectivity index is 1.92. The van der Waals surface area contributed by atoms with E-state index in [4.69, 9.17) is 0 Å². The van der Waals surface area contributed by atoms with Crippen molar-refractivity contribution in [3.05, 3.63) is 54.2 Å². The second-order valence-corrected chi connectivity index (χ2v) is 3.53. The summed E-state index contributed by atoms with van der Waals surface area (Å²) in [5.74, 6) is 0.737. The third-order valence-electron chi connectivity index (χ3n) is 2.16. The lowest BCUT2D eigenvalue weighted by atomic mass is 10.2. The number of benzene rings is 1. The van der Waals surface area contributed by atoms with Crippen molar-refractivity contribution in [1.29, 1.82) is 0 Å². The van der Waals surface area contributed by atoms with Crippen molar-refractivity contribution in [2.75, 3.05) is 5.43 Å². The van der Waals surface area contributed by atoms with Gasteiger partial charge in [-0.25, -0.2) is 4.98 Å². The topological polar surface area (TPSA) is 46.5 Å². The first-order valence-electron chi connectivity index (χ1n) is 5.49. The van der Waals surface area contributed by atoms with Crippen LogP contribution in [0.25, 0.3) is 0 Å². The number of aromatic nitrogens is 1. The number of rotatable bonds is 5. The zero-order valence-electron chi connectivity index (χ0n) is 9.83. The lowest BCUT2D eigenvalue weighted by molar-refractivity contribution is -0.0498. The van der Waals surface area contributed by atoms with Gasteiger partial charge in [0.15, 0.2) is 0 Å². The van der Waals surface area contributed by atoms with Crippen molar-refractivity contribution in [3.8, 4) is 5.75 Å². The zero-order valence-corrected chi connectivity index (χ0v) is 9.83. The van der Waals surface area contributed by atoms with Gasteiger partial charge in [0.2, 0.25) is 0 Å². The molecule has 0 saturated carbocycles. The molecule has 19 heavy (non-hydrogen) atoms. The van der Waals surface area contributed by atoms with Gasteiger partial charge in [0.05, 0.1) is 6.21 Å². The molecule has 0 radical (unpaired) electrons. The Morgan fingerprint density at radius 1 is 1.16 bits per heavy atom. The van der Waals surface area contributed by atoms with Crippen molar-refractivity contribution < 1.29 is 13.5 Å². The average Bonchev–Trinajstić information content (AvgIpc) is 2.41. The van der Waals surface area contributed by atoms with Gasteiger partial charge in [-0.1, -0.05) is 6.07 Å². The Kier molecular flexibility index (Phi) is 4.39. The lowest BCUT2D eigenvalue weighted by Gasteiger charge is -2.03. The van der Waals surface area contributed by atoms with E-state index in [9.17, 15) is 8.78 Å². The van der Waals surface area contributed by atoms with Crippen molar-refractivity contribution in [2.45, 2.75) is 6.61 Å². The number of ether oxygens (including phenoxy) is 1. The fourth-order valence-electron chi connectivity index (χ4n) is 1.34. The number of nitrogens with zero attached hydrogens (tertiary/aromatic N) is 2. The molecule has 2 aromatic rings. The van der Waals surface area contributed by atoms with Gasteiger partial charge in [0.25, 0.3) is 0 Å². The molecule has 0 amide bonds. The summed E-state index contributed by atoms with van der Waals surface area (Å²) in [7, 11) is 0. The van der Waals surface area contributed by atoms with Crippen LogP contribution in [0.15, 0.2) is 53.8 Å². The summed E-state index contributed by atoms with van der Waals surface area (Å²) in [6, 6.07) is 11.6. The molecule has 98 valence electrons. The SMILES string of the molecule is FC(F)Oc1ccc(C=NNc2ccccn2)cc1. The number of hydrazone groups is 1. The monoisotopic (exact) mass is 263 g/mol. The molecule has 0 aliphatic carbocycles. The maximum absolute atomic E-state index is 11.9. The molecular weight excluding hydrogens is 252 g/mol. The summed E-state index contributed by atoms with van der Waals surface area (Å²) in [5, 5.41) is 3.98. The fourth-order valence-corrected chi connectivity index (χ4v) is 1.34. The Hall–Kier alpha value is -2.50. The molecule has 0 bridgehead atoms. The second kappa shape index (κ2) is 6.44. The van der Waals surface area contributed by atoms with Crippen LogP contribution in [0, 0.1) is 0 Å². The Morgan fingerprint density at radius 3 is 2.58 bits per heavy atom. The highest BCUT2D eigenvalue weighted by molar-refractivity contribution is 5.80. The highest BCUT2D eigenvalue weighted by atomic mass is 19.3. The van der Waals surface area contributed by atoms with E-state index in [2.05, 4.69) is 20.2 Å². The first kappa shape index (κ1) is 12.9. The summed E-state index contributed by atoms with van der Waals surface area (Å²) < 4.78 is 28.1. The van der Waals surface area contributed by atoms with Crippen molar-refractivity contribution in [3.63, 3.8) is 0 Å². The highest BCUT2D eigenvalue weighted by Crippen LogP contribution is 2.14. The molecule has 1 heterocycles. The maximum Gasteiger partial charge on any atom is 0.387 e. The number of pyridine rings is 1. The molecule has 1 aromatic heterocycles. The van der Waals surface area contributed by atoms with Crippen LogP contribution in [-0.4, -0.2) is 17.8 Å². The van der Waals surface area contributed by atoms with Gasteiger partial charge in [-0.05, 0) is 42.0 Å². The van der Waals surface area contributed by atoms with Gasteiger partial charge in [-0.3, -0.25) is 5.43 Å². The normalized spacial score (nSPS) is 10.9. The van der Waals surface area contributed by atoms with E-state index < -0.39 is 6.61 Å². The standard InChI is InChI=1S/C13H11F2N3O/c14-13(15)19-11-6-4-10(5-7-11)9-17-18-12-3-1-2-8-16-12/h1-9,13H,(H,16,18). The Labute approximate surface area is 108 Å². The smallest absolute Gasteiger partial charge is 0.387 e. The lowest BCUT2D eigenvalue weighted by Crippen LogP contribution is -2.01. The second-order valence-electron chi connectivity index (χ2n) is 3.53. The summed E-state index contributed by atoms with van der Waals surface area (Å²) in [4.78, 5) is 4.03. The maximum atomic E-state index is 11.9. The van der Waals surface area contributed by atoms with Crippen LogP contribution >= 0.6 is 0 Å². The molecule has 1 N–H and O–H groups in total. The molecule has 4 nitrogen and oxygen atoms in total. The van der Waals surface area contributed by atoms with Crippen molar-refractivity contribution in [2.24, 2.45) is 5.10 Å². The predicted molar refractivity (Wildman–Crippen MR) is 68.5 cm³/mol. The third-order valence-corrected chi connectivity index (χ3v) is 2.16. The largest absolute Gasteiger partial charge is 0.435 e.